The smallest absolute Gasteiger partial charge is 0.305 e. The Balaban J connectivity index is 1.32. The molecule has 0 bridgehead atoms. The van der Waals surface area contributed by atoms with Crippen molar-refractivity contribution in [1.82, 2.24) is 4.90 Å². The van der Waals surface area contributed by atoms with E-state index in [1.54, 1.807) is 0 Å². The highest BCUT2D eigenvalue weighted by molar-refractivity contribution is 7.99. The molecule has 1 saturated heterocycles. The number of fused-ring (bicyclic) bond motifs is 2. The molecule has 0 amide bonds. The third kappa shape index (κ3) is 5.16. The summed E-state index contributed by atoms with van der Waals surface area (Å²) in [4.78, 5) is 16.9. The first kappa shape index (κ1) is 21.2. The van der Waals surface area contributed by atoms with E-state index in [1.807, 2.05) is 18.7 Å². The Labute approximate surface area is 184 Å². The molecule has 2 aromatic carbocycles. The van der Waals surface area contributed by atoms with Crippen molar-refractivity contribution in [1.29, 1.82) is 0 Å². The quantitative estimate of drug-likeness (QED) is 0.436. The van der Waals surface area contributed by atoms with E-state index in [1.165, 1.54) is 39.3 Å². The first-order valence-corrected chi connectivity index (χ1v) is 12.0. The summed E-state index contributed by atoms with van der Waals surface area (Å²) in [6.45, 7) is 5.74. The molecule has 0 spiro atoms. The van der Waals surface area contributed by atoms with Gasteiger partial charge in [0.15, 0.2) is 0 Å². The zero-order valence-electron chi connectivity index (χ0n) is 17.8. The largest absolute Gasteiger partial charge is 0.466 e. The Morgan fingerprint density at radius 1 is 1.07 bits per heavy atom. The number of carbonyl (C=O) groups excluding carboxylic acids is 1. The third-order valence-electron chi connectivity index (χ3n) is 6.14. The van der Waals surface area contributed by atoms with Crippen LogP contribution < -0.4 is 0 Å². The molecule has 158 valence electrons. The fourth-order valence-electron chi connectivity index (χ4n) is 4.49. The van der Waals surface area contributed by atoms with Crippen molar-refractivity contribution >= 4 is 23.3 Å². The number of nitrogens with zero attached hydrogens (tertiary/aromatic N) is 1. The van der Waals surface area contributed by atoms with Crippen molar-refractivity contribution in [3.8, 4) is 0 Å². The summed E-state index contributed by atoms with van der Waals surface area (Å²) in [5, 5.41) is 0. The maximum absolute atomic E-state index is 11.6. The molecule has 1 fully saturated rings. The van der Waals surface area contributed by atoms with E-state index in [2.05, 4.69) is 59.5 Å². The topological polar surface area (TPSA) is 29.5 Å². The van der Waals surface area contributed by atoms with Crippen LogP contribution in [0.25, 0.3) is 5.57 Å². The predicted molar refractivity (Wildman–Crippen MR) is 124 cm³/mol. The summed E-state index contributed by atoms with van der Waals surface area (Å²) < 4.78 is 5.06. The second-order valence-electron chi connectivity index (χ2n) is 8.13. The average Bonchev–Trinajstić information content (AvgIpc) is 2.78. The molecular weight excluding hydrogens is 390 g/mol. The molecule has 2 aliphatic heterocycles. The fourth-order valence-corrected chi connectivity index (χ4v) is 5.59. The molecule has 0 saturated carbocycles. The van der Waals surface area contributed by atoms with Crippen LogP contribution in [0.4, 0.5) is 0 Å². The van der Waals surface area contributed by atoms with E-state index in [-0.39, 0.29) is 5.97 Å². The molecule has 4 heteroatoms. The standard InChI is InChI=1S/C26H31NO2S/c1-2-29-26(28)14-13-20-15-18-27(19-16-20)17-7-10-21-22-8-3-5-11-24(22)30-25-12-6-4-9-23(21)25/h3-6,8-12,20H,2,7,13-19H2,1H3. The molecule has 0 radical (unpaired) electrons. The summed E-state index contributed by atoms with van der Waals surface area (Å²) in [6, 6.07) is 17.5. The van der Waals surface area contributed by atoms with Gasteiger partial charge in [-0.15, -0.1) is 0 Å². The van der Waals surface area contributed by atoms with Crippen LogP contribution in [0.3, 0.4) is 0 Å². The molecule has 0 aromatic heterocycles. The molecule has 2 aromatic rings. The maximum Gasteiger partial charge on any atom is 0.305 e. The Bertz CT molecular complexity index is 852. The molecular formula is C26H31NO2S. The first-order chi connectivity index (χ1) is 14.7. The van der Waals surface area contributed by atoms with Crippen LogP contribution in [-0.2, 0) is 9.53 Å². The van der Waals surface area contributed by atoms with Gasteiger partial charge in [0.1, 0.15) is 0 Å². The van der Waals surface area contributed by atoms with Crippen molar-refractivity contribution < 1.29 is 9.53 Å². The lowest BCUT2D eigenvalue weighted by atomic mass is 9.92. The summed E-state index contributed by atoms with van der Waals surface area (Å²) in [7, 11) is 0. The van der Waals surface area contributed by atoms with Gasteiger partial charge in [0, 0.05) is 22.8 Å². The summed E-state index contributed by atoms with van der Waals surface area (Å²) in [5.74, 6) is 0.621. The van der Waals surface area contributed by atoms with E-state index in [0.29, 0.717) is 18.9 Å². The van der Waals surface area contributed by atoms with Gasteiger partial charge in [0.05, 0.1) is 6.61 Å². The highest BCUT2D eigenvalue weighted by Gasteiger charge is 2.21. The van der Waals surface area contributed by atoms with E-state index in [4.69, 9.17) is 4.74 Å². The van der Waals surface area contributed by atoms with Gasteiger partial charge in [-0.2, -0.15) is 0 Å². The van der Waals surface area contributed by atoms with Crippen LogP contribution in [0, 0.1) is 5.92 Å². The Hall–Kier alpha value is -2.04. The van der Waals surface area contributed by atoms with Crippen LogP contribution in [-0.4, -0.2) is 37.1 Å². The van der Waals surface area contributed by atoms with Gasteiger partial charge in [-0.3, -0.25) is 4.79 Å². The third-order valence-corrected chi connectivity index (χ3v) is 7.29. The highest BCUT2D eigenvalue weighted by atomic mass is 32.2. The fraction of sp³-hybridized carbons (Fsp3) is 0.423. The zero-order valence-corrected chi connectivity index (χ0v) is 18.6. The van der Waals surface area contributed by atoms with Gasteiger partial charge in [0.25, 0.3) is 0 Å². The number of hydrogen-bond acceptors (Lipinski definition) is 4. The lowest BCUT2D eigenvalue weighted by Gasteiger charge is -2.31. The first-order valence-electron chi connectivity index (χ1n) is 11.2. The average molecular weight is 422 g/mol. The monoisotopic (exact) mass is 421 g/mol. The van der Waals surface area contributed by atoms with Crippen LogP contribution in [0.1, 0.15) is 50.2 Å². The van der Waals surface area contributed by atoms with E-state index >= 15 is 0 Å². The van der Waals surface area contributed by atoms with Gasteiger partial charge in [-0.1, -0.05) is 54.2 Å². The van der Waals surface area contributed by atoms with Crippen molar-refractivity contribution in [2.45, 2.75) is 48.8 Å². The van der Waals surface area contributed by atoms with Crippen LogP contribution >= 0.6 is 11.8 Å². The lowest BCUT2D eigenvalue weighted by molar-refractivity contribution is -0.143. The second-order valence-corrected chi connectivity index (χ2v) is 9.21. The summed E-state index contributed by atoms with van der Waals surface area (Å²) in [5.41, 5.74) is 4.10. The molecule has 30 heavy (non-hydrogen) atoms. The summed E-state index contributed by atoms with van der Waals surface area (Å²) >= 11 is 1.87. The SMILES string of the molecule is CCOC(=O)CCC1CCN(CCC=C2c3ccccc3Sc3ccccc32)CC1. The number of ether oxygens (including phenoxy) is 1. The van der Waals surface area contributed by atoms with E-state index < -0.39 is 0 Å². The minimum absolute atomic E-state index is 0.0437. The van der Waals surface area contributed by atoms with Crippen molar-refractivity contribution in [2.24, 2.45) is 5.92 Å². The number of hydrogen-bond donors (Lipinski definition) is 0. The number of esters is 1. The Morgan fingerprint density at radius 3 is 2.33 bits per heavy atom. The zero-order chi connectivity index (χ0) is 20.8. The number of likely N-dealkylation sites (tertiary alicyclic amines) is 1. The van der Waals surface area contributed by atoms with Gasteiger partial charge in [-0.05, 0) is 80.4 Å². The molecule has 0 atom stereocenters. The van der Waals surface area contributed by atoms with Gasteiger partial charge in [0.2, 0.25) is 0 Å². The molecule has 2 aliphatic rings. The normalized spacial score (nSPS) is 16.6. The van der Waals surface area contributed by atoms with Gasteiger partial charge >= 0.3 is 5.97 Å². The molecule has 0 unspecified atom stereocenters. The van der Waals surface area contributed by atoms with Crippen LogP contribution in [0.5, 0.6) is 0 Å². The minimum atomic E-state index is -0.0437. The Morgan fingerprint density at radius 2 is 1.70 bits per heavy atom. The van der Waals surface area contributed by atoms with Crippen molar-refractivity contribution in [3.05, 3.63) is 65.7 Å². The molecule has 2 heterocycles. The number of rotatable bonds is 7. The van der Waals surface area contributed by atoms with Gasteiger partial charge in [-0.25, -0.2) is 0 Å². The van der Waals surface area contributed by atoms with Crippen molar-refractivity contribution in [3.63, 3.8) is 0 Å². The number of piperidine rings is 1. The maximum atomic E-state index is 11.6. The van der Waals surface area contributed by atoms with Gasteiger partial charge < -0.3 is 9.64 Å². The van der Waals surface area contributed by atoms with Crippen LogP contribution in [0.2, 0.25) is 0 Å². The second kappa shape index (κ2) is 10.3. The minimum Gasteiger partial charge on any atom is -0.466 e. The lowest BCUT2D eigenvalue weighted by Crippen LogP contribution is -2.34. The molecule has 3 nitrogen and oxygen atoms in total. The van der Waals surface area contributed by atoms with Crippen LogP contribution in [0.15, 0.2) is 64.4 Å². The molecule has 4 rings (SSSR count). The number of benzene rings is 2. The predicted octanol–water partition coefficient (Wildman–Crippen LogP) is 6.03. The summed E-state index contributed by atoms with van der Waals surface area (Å²) in [6.07, 6.45) is 7.43. The Kier molecular flexibility index (Phi) is 7.29. The number of carbonyl (C=O) groups is 1. The molecule has 0 N–H and O–H groups in total. The van der Waals surface area contributed by atoms with E-state index in [0.717, 1.165) is 32.5 Å². The highest BCUT2D eigenvalue weighted by Crippen LogP contribution is 2.45. The molecule has 0 aliphatic carbocycles. The van der Waals surface area contributed by atoms with E-state index in [9.17, 15) is 4.79 Å². The van der Waals surface area contributed by atoms with Crippen molar-refractivity contribution in [2.75, 3.05) is 26.2 Å².